The number of rotatable bonds is 3. The molecular weight excluding hydrogens is 234 g/mol. The molecule has 1 saturated heterocycles. The highest BCUT2D eigenvalue weighted by molar-refractivity contribution is 8.00. The molecule has 0 spiro atoms. The fourth-order valence-electron chi connectivity index (χ4n) is 2.15. The number of para-hydroxylation sites is 1. The van der Waals surface area contributed by atoms with E-state index in [1.807, 2.05) is 31.2 Å². The van der Waals surface area contributed by atoms with Crippen LogP contribution in [-0.4, -0.2) is 27.6 Å². The van der Waals surface area contributed by atoms with Gasteiger partial charge in [-0.2, -0.15) is 11.8 Å². The second kappa shape index (κ2) is 4.61. The highest BCUT2D eigenvalue weighted by Crippen LogP contribution is 2.37. The Morgan fingerprint density at radius 1 is 1.53 bits per heavy atom. The predicted molar refractivity (Wildman–Crippen MR) is 71.7 cm³/mol. The molecule has 0 saturated carbocycles. The van der Waals surface area contributed by atoms with Gasteiger partial charge in [0.1, 0.15) is 5.54 Å². The lowest BCUT2D eigenvalue weighted by atomic mass is 9.95. The highest BCUT2D eigenvalue weighted by Gasteiger charge is 2.45. The van der Waals surface area contributed by atoms with Crippen molar-refractivity contribution in [3.8, 4) is 0 Å². The Labute approximate surface area is 106 Å². The normalized spacial score (nSPS) is 28.0. The van der Waals surface area contributed by atoms with Crippen molar-refractivity contribution in [2.24, 2.45) is 0 Å². The summed E-state index contributed by atoms with van der Waals surface area (Å²) in [6.45, 7) is 4.07. The molecule has 3 nitrogen and oxygen atoms in total. The maximum atomic E-state index is 11.5. The third-order valence-corrected chi connectivity index (χ3v) is 4.57. The first-order valence-electron chi connectivity index (χ1n) is 5.72. The van der Waals surface area contributed by atoms with Crippen molar-refractivity contribution in [3.63, 3.8) is 0 Å². The van der Waals surface area contributed by atoms with Gasteiger partial charge in [-0.3, -0.25) is 0 Å². The van der Waals surface area contributed by atoms with Gasteiger partial charge in [-0.15, -0.1) is 0 Å². The Hall–Kier alpha value is -1.16. The molecule has 1 aromatic carbocycles. The molecule has 2 rings (SSSR count). The summed E-state index contributed by atoms with van der Waals surface area (Å²) in [5.41, 5.74) is 1.19. The Bertz CT molecular complexity index is 435. The SMILES string of the molecule is Cc1ccccc1NC1(C(=O)O)CSC(C)C1. The number of anilines is 1. The number of benzene rings is 1. The van der Waals surface area contributed by atoms with Gasteiger partial charge in [-0.25, -0.2) is 4.79 Å². The first-order valence-corrected chi connectivity index (χ1v) is 6.77. The molecule has 92 valence electrons. The molecule has 0 bridgehead atoms. The fraction of sp³-hybridized carbons (Fsp3) is 0.462. The number of carboxylic acid groups (broad SMARTS) is 1. The van der Waals surface area contributed by atoms with Crippen LogP contribution < -0.4 is 5.32 Å². The minimum absolute atomic E-state index is 0.391. The van der Waals surface area contributed by atoms with Crippen LogP contribution in [0.3, 0.4) is 0 Å². The molecule has 1 fully saturated rings. The van der Waals surface area contributed by atoms with Crippen LogP contribution in [0.4, 0.5) is 5.69 Å². The number of hydrogen-bond acceptors (Lipinski definition) is 3. The van der Waals surface area contributed by atoms with Gasteiger partial charge in [0, 0.05) is 16.7 Å². The van der Waals surface area contributed by atoms with Gasteiger partial charge in [0.25, 0.3) is 0 Å². The molecule has 1 aliphatic rings. The van der Waals surface area contributed by atoms with E-state index in [0.29, 0.717) is 17.4 Å². The summed E-state index contributed by atoms with van der Waals surface area (Å²) in [6.07, 6.45) is 0.668. The number of aryl methyl sites for hydroxylation is 1. The van der Waals surface area contributed by atoms with Gasteiger partial charge in [0.2, 0.25) is 0 Å². The van der Waals surface area contributed by atoms with Crippen molar-refractivity contribution in [1.29, 1.82) is 0 Å². The lowest BCUT2D eigenvalue weighted by molar-refractivity contribution is -0.141. The molecule has 2 unspecified atom stereocenters. The van der Waals surface area contributed by atoms with Gasteiger partial charge in [0.15, 0.2) is 0 Å². The average molecular weight is 251 g/mol. The molecule has 2 atom stereocenters. The number of hydrogen-bond donors (Lipinski definition) is 2. The van der Waals surface area contributed by atoms with Gasteiger partial charge in [0.05, 0.1) is 0 Å². The largest absolute Gasteiger partial charge is 0.479 e. The summed E-state index contributed by atoms with van der Waals surface area (Å²) < 4.78 is 0. The third kappa shape index (κ3) is 2.41. The molecular formula is C13H17NO2S. The molecule has 0 radical (unpaired) electrons. The van der Waals surface area contributed by atoms with Crippen LogP contribution in [0.25, 0.3) is 0 Å². The van der Waals surface area contributed by atoms with Gasteiger partial charge in [-0.1, -0.05) is 25.1 Å². The third-order valence-electron chi connectivity index (χ3n) is 3.18. The number of carbonyl (C=O) groups is 1. The molecule has 1 heterocycles. The van der Waals surface area contributed by atoms with E-state index in [2.05, 4.69) is 12.2 Å². The Morgan fingerprint density at radius 3 is 2.76 bits per heavy atom. The van der Waals surface area contributed by atoms with Crippen molar-refractivity contribution in [2.75, 3.05) is 11.1 Å². The maximum absolute atomic E-state index is 11.5. The lowest BCUT2D eigenvalue weighted by Gasteiger charge is -2.27. The number of aliphatic carboxylic acids is 1. The molecule has 17 heavy (non-hydrogen) atoms. The van der Waals surface area contributed by atoms with E-state index in [9.17, 15) is 9.90 Å². The van der Waals surface area contributed by atoms with Crippen LogP contribution >= 0.6 is 11.8 Å². The molecule has 0 aliphatic carbocycles. The minimum atomic E-state index is -0.809. The zero-order valence-electron chi connectivity index (χ0n) is 10.1. The van der Waals surface area contributed by atoms with Crippen LogP contribution in [0.15, 0.2) is 24.3 Å². The standard InChI is InChI=1S/C13H17NO2S/c1-9-5-3-4-6-11(9)14-13(12(15)16)7-10(2)17-8-13/h3-6,10,14H,7-8H2,1-2H3,(H,15,16). The fourth-order valence-corrected chi connectivity index (χ4v) is 3.44. The number of carboxylic acids is 1. The van der Waals surface area contributed by atoms with Crippen LogP contribution in [-0.2, 0) is 4.79 Å². The molecule has 1 aromatic rings. The smallest absolute Gasteiger partial charge is 0.330 e. The second-order valence-corrected chi connectivity index (χ2v) is 6.08. The van der Waals surface area contributed by atoms with Gasteiger partial charge in [-0.05, 0) is 25.0 Å². The van der Waals surface area contributed by atoms with E-state index >= 15 is 0 Å². The first kappa shape index (κ1) is 12.3. The zero-order chi connectivity index (χ0) is 12.5. The zero-order valence-corrected chi connectivity index (χ0v) is 10.9. The maximum Gasteiger partial charge on any atom is 0.330 e. The van der Waals surface area contributed by atoms with Crippen LogP contribution in [0, 0.1) is 6.92 Å². The number of nitrogens with one attached hydrogen (secondary N) is 1. The molecule has 2 N–H and O–H groups in total. The average Bonchev–Trinajstić information content (AvgIpc) is 2.65. The summed E-state index contributed by atoms with van der Waals surface area (Å²) in [5, 5.41) is 13.1. The van der Waals surface area contributed by atoms with E-state index in [-0.39, 0.29) is 0 Å². The predicted octanol–water partition coefficient (Wildman–Crippen LogP) is 2.76. The van der Waals surface area contributed by atoms with Crippen molar-refractivity contribution in [3.05, 3.63) is 29.8 Å². The summed E-state index contributed by atoms with van der Waals surface area (Å²) in [5.74, 6) is -0.129. The monoisotopic (exact) mass is 251 g/mol. The summed E-state index contributed by atoms with van der Waals surface area (Å²) in [4.78, 5) is 11.5. The Kier molecular flexibility index (Phi) is 3.33. The van der Waals surface area contributed by atoms with Crippen LogP contribution in [0.1, 0.15) is 18.9 Å². The van der Waals surface area contributed by atoms with E-state index < -0.39 is 11.5 Å². The van der Waals surface area contributed by atoms with Crippen molar-refractivity contribution in [2.45, 2.75) is 31.1 Å². The van der Waals surface area contributed by atoms with Crippen LogP contribution in [0.2, 0.25) is 0 Å². The highest BCUT2D eigenvalue weighted by atomic mass is 32.2. The second-order valence-electron chi connectivity index (χ2n) is 4.65. The quantitative estimate of drug-likeness (QED) is 0.867. The number of thioether (sulfide) groups is 1. The summed E-state index contributed by atoms with van der Waals surface area (Å²) >= 11 is 1.71. The van der Waals surface area contributed by atoms with Crippen molar-refractivity contribution in [1.82, 2.24) is 0 Å². The lowest BCUT2D eigenvalue weighted by Crippen LogP contribution is -2.47. The molecule has 0 amide bonds. The van der Waals surface area contributed by atoms with Crippen LogP contribution in [0.5, 0.6) is 0 Å². The van der Waals surface area contributed by atoms with Gasteiger partial charge >= 0.3 is 5.97 Å². The van der Waals surface area contributed by atoms with E-state index in [1.165, 1.54) is 0 Å². The van der Waals surface area contributed by atoms with Crippen molar-refractivity contribution < 1.29 is 9.90 Å². The van der Waals surface area contributed by atoms with Gasteiger partial charge < -0.3 is 10.4 Å². The molecule has 4 heteroatoms. The first-order chi connectivity index (χ1) is 8.03. The minimum Gasteiger partial charge on any atom is -0.479 e. The summed E-state index contributed by atoms with van der Waals surface area (Å²) in [7, 11) is 0. The Morgan fingerprint density at radius 2 is 2.24 bits per heavy atom. The molecule has 1 aliphatic heterocycles. The van der Waals surface area contributed by atoms with E-state index in [1.54, 1.807) is 11.8 Å². The Balaban J connectivity index is 2.26. The molecule has 0 aromatic heterocycles. The summed E-state index contributed by atoms with van der Waals surface area (Å²) in [6, 6.07) is 7.81. The van der Waals surface area contributed by atoms with E-state index in [4.69, 9.17) is 0 Å². The van der Waals surface area contributed by atoms with Crippen molar-refractivity contribution >= 4 is 23.4 Å². The topological polar surface area (TPSA) is 49.3 Å². The van der Waals surface area contributed by atoms with E-state index in [0.717, 1.165) is 11.3 Å².